The number of phenolic OH excluding ortho intramolecular Hbond substituents is 1. The smallest absolute Gasteiger partial charge is 0.118 e. The van der Waals surface area contributed by atoms with E-state index in [1.807, 2.05) is 19.1 Å². The van der Waals surface area contributed by atoms with Crippen molar-refractivity contribution < 1.29 is 5.11 Å². The Morgan fingerprint density at radius 2 is 2.14 bits per heavy atom. The van der Waals surface area contributed by atoms with Gasteiger partial charge in [0, 0.05) is 6.04 Å². The van der Waals surface area contributed by atoms with Crippen molar-refractivity contribution >= 4 is 0 Å². The summed E-state index contributed by atoms with van der Waals surface area (Å²) in [6.45, 7) is 4.06. The van der Waals surface area contributed by atoms with Gasteiger partial charge in [0.1, 0.15) is 5.75 Å². The molecule has 78 valence electrons. The molecular formula is C12H19NO. The van der Waals surface area contributed by atoms with Gasteiger partial charge in [-0.25, -0.2) is 0 Å². The number of unbranched alkanes of at least 4 members (excludes halogenated alkanes) is 1. The maximum Gasteiger partial charge on any atom is 0.118 e. The first-order chi connectivity index (χ1) is 6.65. The Morgan fingerprint density at radius 1 is 1.43 bits per heavy atom. The molecule has 1 rings (SSSR count). The molecule has 1 aromatic carbocycles. The molecule has 2 heteroatoms. The second-order valence-electron chi connectivity index (χ2n) is 3.79. The number of rotatable bonds is 4. The Kier molecular flexibility index (Phi) is 3.96. The van der Waals surface area contributed by atoms with Crippen LogP contribution in [0.5, 0.6) is 5.75 Å². The molecule has 0 heterocycles. The SMILES string of the molecule is CCCCC(N)c1ccc(O)c(C)c1. The minimum absolute atomic E-state index is 0.106. The van der Waals surface area contributed by atoms with E-state index in [0.717, 1.165) is 24.0 Å². The second kappa shape index (κ2) is 5.01. The van der Waals surface area contributed by atoms with E-state index in [0.29, 0.717) is 5.75 Å². The van der Waals surface area contributed by atoms with Crippen LogP contribution in [0.1, 0.15) is 43.4 Å². The largest absolute Gasteiger partial charge is 0.508 e. The fourth-order valence-electron chi connectivity index (χ4n) is 1.50. The van der Waals surface area contributed by atoms with Crippen molar-refractivity contribution in [2.45, 2.75) is 39.2 Å². The zero-order chi connectivity index (χ0) is 10.6. The molecule has 0 bridgehead atoms. The van der Waals surface area contributed by atoms with Gasteiger partial charge in [-0.05, 0) is 30.5 Å². The van der Waals surface area contributed by atoms with Gasteiger partial charge in [0.25, 0.3) is 0 Å². The van der Waals surface area contributed by atoms with Crippen LogP contribution in [0.15, 0.2) is 18.2 Å². The topological polar surface area (TPSA) is 46.2 Å². The van der Waals surface area contributed by atoms with Crippen molar-refractivity contribution in [1.82, 2.24) is 0 Å². The molecule has 0 radical (unpaired) electrons. The lowest BCUT2D eigenvalue weighted by Gasteiger charge is -2.12. The first-order valence-electron chi connectivity index (χ1n) is 5.20. The van der Waals surface area contributed by atoms with Gasteiger partial charge in [-0.15, -0.1) is 0 Å². The third kappa shape index (κ3) is 2.74. The molecule has 0 saturated carbocycles. The fraction of sp³-hybridized carbons (Fsp3) is 0.500. The Morgan fingerprint density at radius 3 is 2.71 bits per heavy atom. The van der Waals surface area contributed by atoms with Gasteiger partial charge in [-0.1, -0.05) is 31.9 Å². The van der Waals surface area contributed by atoms with Crippen LogP contribution in [0, 0.1) is 6.92 Å². The van der Waals surface area contributed by atoms with E-state index in [9.17, 15) is 5.11 Å². The number of aryl methyl sites for hydroxylation is 1. The van der Waals surface area contributed by atoms with E-state index >= 15 is 0 Å². The van der Waals surface area contributed by atoms with E-state index in [-0.39, 0.29) is 6.04 Å². The maximum absolute atomic E-state index is 9.36. The molecule has 1 atom stereocenters. The van der Waals surface area contributed by atoms with Crippen LogP contribution >= 0.6 is 0 Å². The lowest BCUT2D eigenvalue weighted by Crippen LogP contribution is -2.09. The summed E-state index contributed by atoms with van der Waals surface area (Å²) in [5.41, 5.74) is 8.04. The fourth-order valence-corrected chi connectivity index (χ4v) is 1.50. The van der Waals surface area contributed by atoms with Crippen LogP contribution in [0.3, 0.4) is 0 Å². The Labute approximate surface area is 85.8 Å². The highest BCUT2D eigenvalue weighted by molar-refractivity contribution is 5.36. The van der Waals surface area contributed by atoms with E-state index < -0.39 is 0 Å². The van der Waals surface area contributed by atoms with Crippen molar-refractivity contribution in [2.75, 3.05) is 0 Å². The summed E-state index contributed by atoms with van der Waals surface area (Å²) >= 11 is 0. The quantitative estimate of drug-likeness (QED) is 0.772. The summed E-state index contributed by atoms with van der Waals surface area (Å²) in [5, 5.41) is 9.36. The van der Waals surface area contributed by atoms with Crippen LogP contribution < -0.4 is 5.73 Å². The highest BCUT2D eigenvalue weighted by Crippen LogP contribution is 2.22. The Bertz CT molecular complexity index is 296. The molecule has 14 heavy (non-hydrogen) atoms. The lowest BCUT2D eigenvalue weighted by molar-refractivity contribution is 0.470. The van der Waals surface area contributed by atoms with Crippen LogP contribution in [0.25, 0.3) is 0 Å². The first kappa shape index (κ1) is 11.1. The summed E-state index contributed by atoms with van der Waals surface area (Å²) in [7, 11) is 0. The maximum atomic E-state index is 9.36. The number of nitrogens with two attached hydrogens (primary N) is 1. The highest BCUT2D eigenvalue weighted by atomic mass is 16.3. The number of aromatic hydroxyl groups is 1. The van der Waals surface area contributed by atoms with Crippen molar-refractivity contribution in [3.63, 3.8) is 0 Å². The summed E-state index contributed by atoms with van der Waals surface area (Å²) < 4.78 is 0. The number of phenols is 1. The van der Waals surface area contributed by atoms with Crippen LogP contribution in [-0.2, 0) is 0 Å². The van der Waals surface area contributed by atoms with E-state index in [1.165, 1.54) is 6.42 Å². The summed E-state index contributed by atoms with van der Waals surface area (Å²) in [5.74, 6) is 0.344. The third-order valence-electron chi connectivity index (χ3n) is 2.52. The summed E-state index contributed by atoms with van der Waals surface area (Å²) in [4.78, 5) is 0. The predicted molar refractivity (Wildman–Crippen MR) is 59.3 cm³/mol. The molecule has 2 nitrogen and oxygen atoms in total. The van der Waals surface area contributed by atoms with Crippen molar-refractivity contribution in [2.24, 2.45) is 5.73 Å². The molecule has 0 saturated heterocycles. The lowest BCUT2D eigenvalue weighted by atomic mass is 10.00. The average Bonchev–Trinajstić information content (AvgIpc) is 2.18. The van der Waals surface area contributed by atoms with Crippen LogP contribution in [0.2, 0.25) is 0 Å². The molecule has 0 aliphatic carbocycles. The molecule has 0 aliphatic rings. The van der Waals surface area contributed by atoms with Crippen LogP contribution in [0.4, 0.5) is 0 Å². The minimum atomic E-state index is 0.106. The molecule has 3 N–H and O–H groups in total. The van der Waals surface area contributed by atoms with Crippen molar-refractivity contribution in [3.05, 3.63) is 29.3 Å². The van der Waals surface area contributed by atoms with Gasteiger partial charge < -0.3 is 10.8 Å². The number of benzene rings is 1. The zero-order valence-electron chi connectivity index (χ0n) is 8.96. The van der Waals surface area contributed by atoms with E-state index in [2.05, 4.69) is 6.92 Å². The van der Waals surface area contributed by atoms with Gasteiger partial charge in [-0.3, -0.25) is 0 Å². The monoisotopic (exact) mass is 193 g/mol. The summed E-state index contributed by atoms with van der Waals surface area (Å²) in [6.07, 6.45) is 3.34. The minimum Gasteiger partial charge on any atom is -0.508 e. The Hall–Kier alpha value is -1.02. The molecule has 0 amide bonds. The summed E-state index contributed by atoms with van der Waals surface area (Å²) in [6, 6.07) is 5.70. The standard InChI is InChI=1S/C12H19NO/c1-3-4-5-11(13)10-6-7-12(14)9(2)8-10/h6-8,11,14H,3-5,13H2,1-2H3. The van der Waals surface area contributed by atoms with Crippen LogP contribution in [-0.4, -0.2) is 5.11 Å². The highest BCUT2D eigenvalue weighted by Gasteiger charge is 2.06. The van der Waals surface area contributed by atoms with E-state index in [4.69, 9.17) is 5.73 Å². The van der Waals surface area contributed by atoms with Crippen molar-refractivity contribution in [1.29, 1.82) is 0 Å². The number of hydrogen-bond donors (Lipinski definition) is 2. The second-order valence-corrected chi connectivity index (χ2v) is 3.79. The van der Waals surface area contributed by atoms with Gasteiger partial charge in [0.2, 0.25) is 0 Å². The molecule has 1 unspecified atom stereocenters. The number of hydrogen-bond acceptors (Lipinski definition) is 2. The van der Waals surface area contributed by atoms with Gasteiger partial charge in [-0.2, -0.15) is 0 Å². The predicted octanol–water partition coefficient (Wildman–Crippen LogP) is 2.89. The third-order valence-corrected chi connectivity index (χ3v) is 2.52. The van der Waals surface area contributed by atoms with E-state index in [1.54, 1.807) is 6.07 Å². The Balaban J connectivity index is 2.70. The average molecular weight is 193 g/mol. The zero-order valence-corrected chi connectivity index (χ0v) is 8.96. The normalized spacial score (nSPS) is 12.8. The van der Waals surface area contributed by atoms with Gasteiger partial charge >= 0.3 is 0 Å². The molecule has 0 aliphatic heterocycles. The van der Waals surface area contributed by atoms with Gasteiger partial charge in [0.15, 0.2) is 0 Å². The molecule has 1 aromatic rings. The molecular weight excluding hydrogens is 174 g/mol. The first-order valence-corrected chi connectivity index (χ1v) is 5.20. The molecule has 0 fully saturated rings. The molecule has 0 spiro atoms. The van der Waals surface area contributed by atoms with Gasteiger partial charge in [0.05, 0.1) is 0 Å². The van der Waals surface area contributed by atoms with Crippen molar-refractivity contribution in [3.8, 4) is 5.75 Å². The molecule has 0 aromatic heterocycles.